The molecule has 0 radical (unpaired) electrons. The first-order valence-electron chi connectivity index (χ1n) is 8.25. The van der Waals surface area contributed by atoms with Crippen molar-refractivity contribution in [1.82, 2.24) is 9.80 Å². The van der Waals surface area contributed by atoms with Crippen LogP contribution in [0.5, 0.6) is 0 Å². The van der Waals surface area contributed by atoms with E-state index in [4.69, 9.17) is 4.74 Å². The van der Waals surface area contributed by atoms with Crippen molar-refractivity contribution in [2.45, 2.75) is 51.5 Å². The molecule has 116 valence electrons. The molecule has 1 atom stereocenters. The minimum Gasteiger partial charge on any atom is -0.468 e. The highest BCUT2D eigenvalue weighted by Crippen LogP contribution is 2.21. The van der Waals surface area contributed by atoms with Gasteiger partial charge in [-0.1, -0.05) is 12.8 Å². The zero-order chi connectivity index (χ0) is 14.4. The summed E-state index contributed by atoms with van der Waals surface area (Å²) in [6.45, 7) is 7.88. The summed E-state index contributed by atoms with van der Waals surface area (Å²) in [5, 5.41) is 0. The van der Waals surface area contributed by atoms with Gasteiger partial charge >= 0.3 is 5.97 Å². The minimum absolute atomic E-state index is 0.0841. The number of carbonyl (C=O) groups excluding carboxylic acids is 1. The summed E-state index contributed by atoms with van der Waals surface area (Å²) in [7, 11) is 1.48. The molecule has 0 bridgehead atoms. The Morgan fingerprint density at radius 3 is 2.25 bits per heavy atom. The van der Waals surface area contributed by atoms with Crippen molar-refractivity contribution in [2.24, 2.45) is 5.92 Å². The Morgan fingerprint density at radius 1 is 1.10 bits per heavy atom. The fraction of sp³-hybridized carbons (Fsp3) is 0.938. The summed E-state index contributed by atoms with van der Waals surface area (Å²) >= 11 is 0. The number of carbonyl (C=O) groups is 1. The highest BCUT2D eigenvalue weighted by molar-refractivity contribution is 5.75. The second-order valence-electron chi connectivity index (χ2n) is 6.39. The maximum absolute atomic E-state index is 11.6. The number of likely N-dealkylation sites (tertiary alicyclic amines) is 2. The van der Waals surface area contributed by atoms with Gasteiger partial charge in [0.1, 0.15) is 6.04 Å². The third-order valence-electron chi connectivity index (χ3n) is 4.95. The highest BCUT2D eigenvalue weighted by atomic mass is 16.5. The molecule has 0 N–H and O–H groups in total. The van der Waals surface area contributed by atoms with Gasteiger partial charge in [-0.05, 0) is 64.7 Å². The van der Waals surface area contributed by atoms with Gasteiger partial charge in [-0.3, -0.25) is 9.69 Å². The maximum Gasteiger partial charge on any atom is 0.322 e. The van der Waals surface area contributed by atoms with E-state index in [2.05, 4.69) is 9.80 Å². The van der Waals surface area contributed by atoms with Gasteiger partial charge in [0.05, 0.1) is 7.11 Å². The number of methoxy groups -OCH3 is 1. The van der Waals surface area contributed by atoms with Gasteiger partial charge in [0.2, 0.25) is 0 Å². The zero-order valence-corrected chi connectivity index (χ0v) is 13.1. The molecule has 2 fully saturated rings. The standard InChI is InChI=1S/C16H30N2O2/c1-14(16(19)20-2)18-11-7-15(8-12-18)13-17-9-5-3-4-6-10-17/h14-15H,3-13H2,1-2H3. The number of rotatable bonds is 4. The van der Waals surface area contributed by atoms with Crippen molar-refractivity contribution >= 4 is 5.97 Å². The van der Waals surface area contributed by atoms with Gasteiger partial charge in [-0.15, -0.1) is 0 Å². The van der Waals surface area contributed by atoms with Crippen molar-refractivity contribution in [3.63, 3.8) is 0 Å². The van der Waals surface area contributed by atoms with Crippen molar-refractivity contribution in [3.05, 3.63) is 0 Å². The van der Waals surface area contributed by atoms with Crippen molar-refractivity contribution in [2.75, 3.05) is 39.8 Å². The number of hydrogen-bond acceptors (Lipinski definition) is 4. The van der Waals surface area contributed by atoms with Crippen LogP contribution >= 0.6 is 0 Å². The molecular formula is C16H30N2O2. The average Bonchev–Trinajstić information content (AvgIpc) is 2.75. The van der Waals surface area contributed by atoms with Crippen LogP contribution in [-0.4, -0.2) is 61.6 Å². The van der Waals surface area contributed by atoms with E-state index in [0.717, 1.165) is 19.0 Å². The summed E-state index contributed by atoms with van der Waals surface area (Å²) in [4.78, 5) is 16.5. The average molecular weight is 282 g/mol. The Balaban J connectivity index is 1.72. The van der Waals surface area contributed by atoms with Crippen LogP contribution in [-0.2, 0) is 9.53 Å². The molecule has 4 heteroatoms. The van der Waals surface area contributed by atoms with Crippen molar-refractivity contribution in [3.8, 4) is 0 Å². The van der Waals surface area contributed by atoms with Gasteiger partial charge in [0.15, 0.2) is 0 Å². The number of ether oxygens (including phenoxy) is 1. The Bertz CT molecular complexity index is 293. The molecule has 20 heavy (non-hydrogen) atoms. The molecule has 0 aromatic rings. The largest absolute Gasteiger partial charge is 0.468 e. The Kier molecular flexibility index (Phi) is 6.30. The monoisotopic (exact) mass is 282 g/mol. The zero-order valence-electron chi connectivity index (χ0n) is 13.1. The molecule has 4 nitrogen and oxygen atoms in total. The summed E-state index contributed by atoms with van der Waals surface area (Å²) < 4.78 is 4.84. The van der Waals surface area contributed by atoms with Crippen LogP contribution < -0.4 is 0 Å². The van der Waals surface area contributed by atoms with Crippen LogP contribution in [0.4, 0.5) is 0 Å². The molecule has 0 amide bonds. The van der Waals surface area contributed by atoms with Crippen LogP contribution in [0.15, 0.2) is 0 Å². The lowest BCUT2D eigenvalue weighted by Gasteiger charge is -2.36. The first-order valence-corrected chi connectivity index (χ1v) is 8.25. The second-order valence-corrected chi connectivity index (χ2v) is 6.39. The molecule has 2 heterocycles. The van der Waals surface area contributed by atoms with Gasteiger partial charge in [-0.25, -0.2) is 0 Å². The van der Waals surface area contributed by atoms with E-state index in [1.54, 1.807) is 0 Å². The molecule has 0 aromatic heterocycles. The number of esters is 1. The van der Waals surface area contributed by atoms with E-state index in [-0.39, 0.29) is 12.0 Å². The van der Waals surface area contributed by atoms with E-state index in [9.17, 15) is 4.79 Å². The van der Waals surface area contributed by atoms with Gasteiger partial charge in [0.25, 0.3) is 0 Å². The van der Waals surface area contributed by atoms with Crippen LogP contribution in [0, 0.1) is 5.92 Å². The van der Waals surface area contributed by atoms with Gasteiger partial charge < -0.3 is 9.64 Å². The second kappa shape index (κ2) is 7.99. The predicted octanol–water partition coefficient (Wildman–Crippen LogP) is 2.14. The number of hydrogen-bond donors (Lipinski definition) is 0. The fourth-order valence-corrected chi connectivity index (χ4v) is 3.53. The molecule has 1 unspecified atom stereocenters. The molecule has 2 aliphatic rings. The third kappa shape index (κ3) is 4.45. The summed E-state index contributed by atoms with van der Waals surface area (Å²) in [6.07, 6.45) is 8.00. The van der Waals surface area contributed by atoms with Crippen LogP contribution in [0.2, 0.25) is 0 Å². The number of piperidine rings is 1. The Morgan fingerprint density at radius 2 is 1.70 bits per heavy atom. The Hall–Kier alpha value is -0.610. The molecule has 2 rings (SSSR count). The van der Waals surface area contributed by atoms with Gasteiger partial charge in [-0.2, -0.15) is 0 Å². The van der Waals surface area contributed by atoms with E-state index >= 15 is 0 Å². The molecule has 0 aliphatic carbocycles. The molecular weight excluding hydrogens is 252 g/mol. The SMILES string of the molecule is COC(=O)C(C)N1CCC(CN2CCCCCC2)CC1. The molecule has 2 saturated heterocycles. The molecule has 2 aliphatic heterocycles. The summed E-state index contributed by atoms with van der Waals surface area (Å²) in [5.41, 5.74) is 0. The van der Waals surface area contributed by atoms with Crippen molar-refractivity contribution in [1.29, 1.82) is 0 Å². The first-order chi connectivity index (χ1) is 9.70. The van der Waals surface area contributed by atoms with E-state index in [1.807, 2.05) is 6.92 Å². The lowest BCUT2D eigenvalue weighted by atomic mass is 9.95. The van der Waals surface area contributed by atoms with Crippen molar-refractivity contribution < 1.29 is 9.53 Å². The van der Waals surface area contributed by atoms with Crippen LogP contribution in [0.25, 0.3) is 0 Å². The number of nitrogens with zero attached hydrogens (tertiary/aromatic N) is 2. The molecule has 0 saturated carbocycles. The highest BCUT2D eigenvalue weighted by Gasteiger charge is 2.27. The minimum atomic E-state index is -0.101. The lowest BCUT2D eigenvalue weighted by molar-refractivity contribution is -0.146. The summed E-state index contributed by atoms with van der Waals surface area (Å²) in [5.74, 6) is 0.713. The Labute approximate surface area is 123 Å². The molecule has 0 aromatic carbocycles. The van der Waals surface area contributed by atoms with Crippen LogP contribution in [0.3, 0.4) is 0 Å². The lowest BCUT2D eigenvalue weighted by Crippen LogP contribution is -2.46. The quantitative estimate of drug-likeness (QED) is 0.740. The normalized spacial score (nSPS) is 25.1. The molecule has 0 spiro atoms. The summed E-state index contributed by atoms with van der Waals surface area (Å²) in [6, 6.07) is -0.0841. The first kappa shape index (κ1) is 15.8. The van der Waals surface area contributed by atoms with Gasteiger partial charge in [0, 0.05) is 6.54 Å². The smallest absolute Gasteiger partial charge is 0.322 e. The van der Waals surface area contributed by atoms with E-state index in [0.29, 0.717) is 0 Å². The third-order valence-corrected chi connectivity index (χ3v) is 4.95. The topological polar surface area (TPSA) is 32.8 Å². The maximum atomic E-state index is 11.6. The predicted molar refractivity (Wildman–Crippen MR) is 80.7 cm³/mol. The van der Waals surface area contributed by atoms with Crippen LogP contribution in [0.1, 0.15) is 45.4 Å². The van der Waals surface area contributed by atoms with E-state index in [1.165, 1.54) is 65.3 Å². The fourth-order valence-electron chi connectivity index (χ4n) is 3.53. The van der Waals surface area contributed by atoms with E-state index < -0.39 is 0 Å².